The third kappa shape index (κ3) is 5.34. The maximum Gasteiger partial charge on any atom is 0.407 e. The fraction of sp³-hybridized carbons (Fsp3) is 0.389. The predicted molar refractivity (Wildman–Crippen MR) is 96.2 cm³/mol. The Hall–Kier alpha value is -2.83. The molecule has 0 aliphatic rings. The number of ether oxygens (including phenoxy) is 1. The first-order valence-corrected chi connectivity index (χ1v) is 8.16. The van der Waals surface area contributed by atoms with Crippen molar-refractivity contribution in [2.45, 2.75) is 33.2 Å². The van der Waals surface area contributed by atoms with E-state index >= 15 is 0 Å². The molecule has 0 fully saturated rings. The lowest BCUT2D eigenvalue weighted by Crippen LogP contribution is -2.44. The van der Waals surface area contributed by atoms with Gasteiger partial charge in [0.1, 0.15) is 11.9 Å². The van der Waals surface area contributed by atoms with Crippen molar-refractivity contribution in [3.05, 3.63) is 36.2 Å². The number of carbonyl (C=O) groups is 2. The van der Waals surface area contributed by atoms with Gasteiger partial charge in [-0.15, -0.1) is 0 Å². The molecule has 1 heterocycles. The van der Waals surface area contributed by atoms with Crippen LogP contribution in [0, 0.1) is 12.8 Å². The van der Waals surface area contributed by atoms with Crippen molar-refractivity contribution in [2.75, 3.05) is 12.4 Å². The Bertz CT molecular complexity index is 722. The first kappa shape index (κ1) is 18.5. The molecule has 134 valence electrons. The molecule has 0 spiro atoms. The van der Waals surface area contributed by atoms with Crippen LogP contribution in [0.2, 0.25) is 0 Å². The highest BCUT2D eigenvalue weighted by Gasteiger charge is 2.22. The minimum Gasteiger partial charge on any atom is -0.453 e. The first-order chi connectivity index (χ1) is 11.9. The zero-order valence-electron chi connectivity index (χ0n) is 14.9. The van der Waals surface area contributed by atoms with Crippen LogP contribution in [0.5, 0.6) is 0 Å². The molecule has 7 nitrogen and oxygen atoms in total. The highest BCUT2D eigenvalue weighted by Crippen LogP contribution is 2.19. The van der Waals surface area contributed by atoms with Gasteiger partial charge in [-0.1, -0.05) is 13.8 Å². The summed E-state index contributed by atoms with van der Waals surface area (Å²) < 4.78 is 4.59. The zero-order valence-corrected chi connectivity index (χ0v) is 14.9. The summed E-state index contributed by atoms with van der Waals surface area (Å²) in [5.41, 5.74) is 2.56. The number of hydrogen-bond donors (Lipinski definition) is 3. The number of carbonyl (C=O) groups excluding carboxylic acids is 2. The Labute approximate surface area is 147 Å². The van der Waals surface area contributed by atoms with E-state index in [4.69, 9.17) is 0 Å². The van der Waals surface area contributed by atoms with E-state index < -0.39 is 12.1 Å². The van der Waals surface area contributed by atoms with Gasteiger partial charge in [-0.2, -0.15) is 0 Å². The molecule has 25 heavy (non-hydrogen) atoms. The van der Waals surface area contributed by atoms with Gasteiger partial charge in [0, 0.05) is 23.1 Å². The lowest BCUT2D eigenvalue weighted by atomic mass is 10.0. The van der Waals surface area contributed by atoms with Crippen LogP contribution in [0.15, 0.2) is 30.5 Å². The largest absolute Gasteiger partial charge is 0.453 e. The van der Waals surface area contributed by atoms with E-state index in [9.17, 15) is 9.59 Å². The summed E-state index contributed by atoms with van der Waals surface area (Å²) in [7, 11) is 1.27. The predicted octanol–water partition coefficient (Wildman–Crippen LogP) is 3.09. The maximum atomic E-state index is 12.5. The summed E-state index contributed by atoms with van der Waals surface area (Å²) >= 11 is 0. The number of amides is 2. The van der Waals surface area contributed by atoms with Crippen LogP contribution in [0.25, 0.3) is 11.4 Å². The number of methoxy groups -OCH3 is 1. The second kappa shape index (κ2) is 8.32. The normalized spacial score (nSPS) is 11.9. The van der Waals surface area contributed by atoms with Crippen molar-refractivity contribution in [3.63, 3.8) is 0 Å². The van der Waals surface area contributed by atoms with Crippen LogP contribution in [0.1, 0.15) is 26.0 Å². The molecule has 3 N–H and O–H groups in total. The molecule has 2 rings (SSSR count). The third-order valence-corrected chi connectivity index (χ3v) is 3.63. The summed E-state index contributed by atoms with van der Waals surface area (Å²) in [5, 5.41) is 5.39. The molecule has 1 atom stereocenters. The molecule has 0 radical (unpaired) electrons. The number of imidazole rings is 1. The van der Waals surface area contributed by atoms with Gasteiger partial charge in [-0.3, -0.25) is 4.79 Å². The summed E-state index contributed by atoms with van der Waals surface area (Å²) in [6.07, 6.45) is 1.66. The molecule has 0 bridgehead atoms. The van der Waals surface area contributed by atoms with Crippen LogP contribution < -0.4 is 10.6 Å². The van der Waals surface area contributed by atoms with Crippen molar-refractivity contribution >= 4 is 17.7 Å². The molecule has 1 unspecified atom stereocenters. The van der Waals surface area contributed by atoms with Crippen LogP contribution in [0.3, 0.4) is 0 Å². The number of aromatic nitrogens is 2. The van der Waals surface area contributed by atoms with Crippen LogP contribution in [0.4, 0.5) is 10.5 Å². The topological polar surface area (TPSA) is 96.1 Å². The average Bonchev–Trinajstić information content (AvgIpc) is 3.00. The fourth-order valence-electron chi connectivity index (χ4n) is 2.40. The van der Waals surface area contributed by atoms with Crippen molar-refractivity contribution < 1.29 is 14.3 Å². The number of H-pyrrole nitrogens is 1. The molecule has 7 heteroatoms. The Balaban J connectivity index is 2.05. The Kier molecular flexibility index (Phi) is 6.16. The van der Waals surface area contributed by atoms with Crippen LogP contribution in [-0.4, -0.2) is 35.1 Å². The number of benzene rings is 1. The molecule has 0 saturated carbocycles. The number of aryl methyl sites for hydroxylation is 1. The fourth-order valence-corrected chi connectivity index (χ4v) is 2.40. The molecular weight excluding hydrogens is 320 g/mol. The van der Waals surface area contributed by atoms with Gasteiger partial charge in [-0.05, 0) is 43.5 Å². The maximum absolute atomic E-state index is 12.5. The third-order valence-electron chi connectivity index (χ3n) is 3.63. The van der Waals surface area contributed by atoms with Gasteiger partial charge in [0.05, 0.1) is 7.11 Å². The van der Waals surface area contributed by atoms with E-state index in [0.29, 0.717) is 12.1 Å². The van der Waals surface area contributed by atoms with Gasteiger partial charge in [0.2, 0.25) is 5.91 Å². The van der Waals surface area contributed by atoms with E-state index in [1.807, 2.05) is 32.9 Å². The van der Waals surface area contributed by atoms with Gasteiger partial charge >= 0.3 is 6.09 Å². The summed E-state index contributed by atoms with van der Waals surface area (Å²) in [6.45, 7) is 5.91. The minimum atomic E-state index is -0.653. The first-order valence-electron chi connectivity index (χ1n) is 8.16. The standard InChI is InChI=1S/C18H24N4O3/c1-11(2)9-15(22-18(24)25-4)17(23)21-14-7-5-13(6-8-14)16-19-10-12(3)20-16/h5-8,10-11,15H,9H2,1-4H3,(H,19,20)(H,21,23)(H,22,24). The Morgan fingerprint density at radius 3 is 2.44 bits per heavy atom. The van der Waals surface area contributed by atoms with E-state index in [1.54, 1.807) is 18.3 Å². The second-order valence-corrected chi connectivity index (χ2v) is 6.30. The summed E-state index contributed by atoms with van der Waals surface area (Å²) in [4.78, 5) is 31.3. The molecule has 1 aromatic carbocycles. The second-order valence-electron chi connectivity index (χ2n) is 6.30. The van der Waals surface area contributed by atoms with Crippen LogP contribution in [-0.2, 0) is 9.53 Å². The highest BCUT2D eigenvalue weighted by molar-refractivity contribution is 5.96. The molecule has 2 aromatic rings. The molecule has 0 saturated heterocycles. The number of hydrogen-bond acceptors (Lipinski definition) is 4. The SMILES string of the molecule is COC(=O)NC(CC(C)C)C(=O)Nc1ccc(-c2ncc(C)[nH]2)cc1. The molecular formula is C18H24N4O3. The van der Waals surface area contributed by atoms with Crippen LogP contribution >= 0.6 is 0 Å². The monoisotopic (exact) mass is 344 g/mol. The van der Waals surface area contributed by atoms with Crippen molar-refractivity contribution in [1.82, 2.24) is 15.3 Å². The van der Waals surface area contributed by atoms with E-state index in [-0.39, 0.29) is 11.8 Å². The molecule has 1 aromatic heterocycles. The van der Waals surface area contributed by atoms with E-state index in [1.165, 1.54) is 7.11 Å². The van der Waals surface area contributed by atoms with Gasteiger partial charge in [-0.25, -0.2) is 9.78 Å². The smallest absolute Gasteiger partial charge is 0.407 e. The van der Waals surface area contributed by atoms with Crippen molar-refractivity contribution in [2.24, 2.45) is 5.92 Å². The molecule has 2 amide bonds. The number of anilines is 1. The quantitative estimate of drug-likeness (QED) is 0.750. The number of aromatic amines is 1. The van der Waals surface area contributed by atoms with Gasteiger partial charge in [0.25, 0.3) is 0 Å². The molecule has 0 aliphatic carbocycles. The van der Waals surface area contributed by atoms with E-state index in [0.717, 1.165) is 17.1 Å². The average molecular weight is 344 g/mol. The Morgan fingerprint density at radius 1 is 1.24 bits per heavy atom. The molecule has 0 aliphatic heterocycles. The Morgan fingerprint density at radius 2 is 1.92 bits per heavy atom. The van der Waals surface area contributed by atoms with Gasteiger partial charge in [0.15, 0.2) is 0 Å². The number of alkyl carbamates (subject to hydrolysis) is 1. The van der Waals surface area contributed by atoms with Crippen molar-refractivity contribution in [1.29, 1.82) is 0 Å². The van der Waals surface area contributed by atoms with Gasteiger partial charge < -0.3 is 20.4 Å². The van der Waals surface area contributed by atoms with Crippen molar-refractivity contribution in [3.8, 4) is 11.4 Å². The summed E-state index contributed by atoms with van der Waals surface area (Å²) in [5.74, 6) is 0.749. The summed E-state index contributed by atoms with van der Waals surface area (Å²) in [6, 6.07) is 6.70. The number of nitrogens with zero attached hydrogens (tertiary/aromatic N) is 1. The number of nitrogens with one attached hydrogen (secondary N) is 3. The minimum absolute atomic E-state index is 0.248. The number of rotatable bonds is 6. The van der Waals surface area contributed by atoms with E-state index in [2.05, 4.69) is 25.3 Å². The lowest BCUT2D eigenvalue weighted by molar-refractivity contribution is -0.118. The highest BCUT2D eigenvalue weighted by atomic mass is 16.5. The lowest BCUT2D eigenvalue weighted by Gasteiger charge is -2.19. The zero-order chi connectivity index (χ0) is 18.4.